The number of hydrogen-bond donors (Lipinski definition) is 0. The third-order valence-corrected chi connectivity index (χ3v) is 5.52. The zero-order valence-corrected chi connectivity index (χ0v) is 17.4. The maximum Gasteiger partial charge on any atom is 0.247 e. The van der Waals surface area contributed by atoms with Crippen LogP contribution in [-0.4, -0.2) is 26.8 Å². The van der Waals surface area contributed by atoms with Crippen LogP contribution in [0.4, 0.5) is 5.69 Å². The molecule has 0 aliphatic carbocycles. The van der Waals surface area contributed by atoms with Gasteiger partial charge in [0, 0.05) is 18.1 Å². The van der Waals surface area contributed by atoms with E-state index >= 15 is 0 Å². The molecule has 0 radical (unpaired) electrons. The number of rotatable bonds is 4. The van der Waals surface area contributed by atoms with Crippen LogP contribution >= 0.6 is 11.8 Å². The maximum absolute atomic E-state index is 12.7. The normalized spacial score (nSPS) is 15.1. The Kier molecular flexibility index (Phi) is 5.49. The van der Waals surface area contributed by atoms with Crippen molar-refractivity contribution in [3.63, 3.8) is 0 Å². The van der Waals surface area contributed by atoms with Gasteiger partial charge in [0.1, 0.15) is 0 Å². The number of fused-ring (bicyclic) bond motifs is 3. The summed E-state index contributed by atoms with van der Waals surface area (Å²) in [6.07, 6.45) is 0.305. The molecular formula is C22H22N4O2S. The topological polar surface area (TPSA) is 68.2 Å². The average molecular weight is 407 g/mol. The molecule has 1 aliphatic heterocycles. The van der Waals surface area contributed by atoms with Crippen LogP contribution in [0.25, 0.3) is 11.3 Å². The lowest BCUT2D eigenvalue weighted by Gasteiger charge is -2.30. The largest absolute Gasteiger partial charge is 0.447 e. The lowest BCUT2D eigenvalue weighted by Crippen LogP contribution is -2.36. The van der Waals surface area contributed by atoms with E-state index in [9.17, 15) is 4.79 Å². The molecule has 29 heavy (non-hydrogen) atoms. The summed E-state index contributed by atoms with van der Waals surface area (Å²) in [4.78, 5) is 19.0. The van der Waals surface area contributed by atoms with Gasteiger partial charge < -0.3 is 4.74 Å². The SMILES string of the molecule is CCSc1nnc2c(n1)O[C@@H](c1ccc(CC)cc1)N(C(C)=O)c1ccccc1-2. The Morgan fingerprint density at radius 2 is 1.86 bits per heavy atom. The highest BCUT2D eigenvalue weighted by Crippen LogP contribution is 2.43. The van der Waals surface area contributed by atoms with Crippen molar-refractivity contribution >= 4 is 23.4 Å². The molecular weight excluding hydrogens is 384 g/mol. The summed E-state index contributed by atoms with van der Waals surface area (Å²) in [6.45, 7) is 5.69. The lowest BCUT2D eigenvalue weighted by molar-refractivity contribution is -0.118. The first-order valence-corrected chi connectivity index (χ1v) is 10.6. The minimum absolute atomic E-state index is 0.119. The van der Waals surface area contributed by atoms with Gasteiger partial charge >= 0.3 is 0 Å². The van der Waals surface area contributed by atoms with Gasteiger partial charge in [-0.2, -0.15) is 4.98 Å². The Hall–Kier alpha value is -2.93. The number of carbonyl (C=O) groups excluding carboxylic acids is 1. The average Bonchev–Trinajstić information content (AvgIpc) is 2.88. The molecule has 0 fully saturated rings. The minimum Gasteiger partial charge on any atom is -0.447 e. The molecule has 0 saturated carbocycles. The van der Waals surface area contributed by atoms with E-state index in [1.807, 2.05) is 43.3 Å². The van der Waals surface area contributed by atoms with Crippen molar-refractivity contribution in [2.45, 2.75) is 38.6 Å². The number of para-hydroxylation sites is 1. The van der Waals surface area contributed by atoms with Crippen LogP contribution in [0.5, 0.6) is 5.88 Å². The van der Waals surface area contributed by atoms with Crippen molar-refractivity contribution < 1.29 is 9.53 Å². The summed E-state index contributed by atoms with van der Waals surface area (Å²) in [5.41, 5.74) is 4.15. The fraction of sp³-hybridized carbons (Fsp3) is 0.273. The number of anilines is 1. The standard InChI is InChI=1S/C22H22N4O2S/c1-4-15-10-12-16(13-11-15)21-26(14(3)27)18-9-7-6-8-17(18)19-20(28-21)23-22(25-24-19)29-5-2/h6-13,21H,4-5H2,1-3H3/t21-/m0/s1. The Morgan fingerprint density at radius 1 is 1.10 bits per heavy atom. The van der Waals surface area contributed by atoms with E-state index in [4.69, 9.17) is 4.74 Å². The first-order chi connectivity index (χ1) is 14.1. The Balaban J connectivity index is 1.91. The molecule has 3 aromatic rings. The number of ether oxygens (including phenoxy) is 1. The first kappa shape index (κ1) is 19.4. The minimum atomic E-state index is -0.642. The summed E-state index contributed by atoms with van der Waals surface area (Å²) in [6, 6.07) is 15.8. The van der Waals surface area contributed by atoms with Gasteiger partial charge in [-0.05, 0) is 23.8 Å². The molecule has 6 nitrogen and oxygen atoms in total. The summed E-state index contributed by atoms with van der Waals surface area (Å²) in [5, 5.41) is 9.18. The highest BCUT2D eigenvalue weighted by molar-refractivity contribution is 7.99. The Bertz CT molecular complexity index is 1040. The van der Waals surface area contributed by atoms with Gasteiger partial charge in [-0.25, -0.2) is 0 Å². The van der Waals surface area contributed by atoms with Crippen LogP contribution in [0.2, 0.25) is 0 Å². The number of thioether (sulfide) groups is 1. The number of benzene rings is 2. The van der Waals surface area contributed by atoms with E-state index in [0.29, 0.717) is 16.7 Å². The van der Waals surface area contributed by atoms with Gasteiger partial charge in [0.15, 0.2) is 5.69 Å². The molecule has 1 amide bonds. The number of nitrogens with zero attached hydrogens (tertiary/aromatic N) is 4. The highest BCUT2D eigenvalue weighted by atomic mass is 32.2. The Morgan fingerprint density at radius 3 is 2.55 bits per heavy atom. The molecule has 4 rings (SSSR count). The van der Waals surface area contributed by atoms with Crippen LogP contribution in [0.1, 0.15) is 38.1 Å². The third kappa shape index (κ3) is 3.70. The van der Waals surface area contributed by atoms with Crippen molar-refractivity contribution in [1.29, 1.82) is 0 Å². The van der Waals surface area contributed by atoms with E-state index in [-0.39, 0.29) is 5.91 Å². The molecule has 0 unspecified atom stereocenters. The molecule has 0 spiro atoms. The van der Waals surface area contributed by atoms with Crippen LogP contribution in [0, 0.1) is 0 Å². The van der Waals surface area contributed by atoms with E-state index in [1.54, 1.807) is 11.8 Å². The zero-order valence-electron chi connectivity index (χ0n) is 16.6. The molecule has 7 heteroatoms. The van der Waals surface area contributed by atoms with Gasteiger partial charge in [-0.3, -0.25) is 9.69 Å². The van der Waals surface area contributed by atoms with Crippen molar-refractivity contribution in [2.24, 2.45) is 0 Å². The smallest absolute Gasteiger partial charge is 0.247 e. The van der Waals surface area contributed by atoms with Crippen LogP contribution in [0.15, 0.2) is 53.7 Å². The van der Waals surface area contributed by atoms with Crippen molar-refractivity contribution in [1.82, 2.24) is 15.2 Å². The summed E-state index contributed by atoms with van der Waals surface area (Å²) in [5.74, 6) is 1.10. The molecule has 2 aromatic carbocycles. The van der Waals surface area contributed by atoms with E-state index in [0.717, 1.165) is 29.0 Å². The number of aryl methyl sites for hydroxylation is 1. The lowest BCUT2D eigenvalue weighted by atomic mass is 10.1. The fourth-order valence-electron chi connectivity index (χ4n) is 3.38. The highest BCUT2D eigenvalue weighted by Gasteiger charge is 2.34. The molecule has 0 bridgehead atoms. The zero-order chi connectivity index (χ0) is 20.4. The van der Waals surface area contributed by atoms with Crippen LogP contribution < -0.4 is 9.64 Å². The van der Waals surface area contributed by atoms with Gasteiger partial charge in [-0.1, -0.05) is 68.1 Å². The summed E-state index contributed by atoms with van der Waals surface area (Å²) >= 11 is 1.50. The Labute approximate surface area is 174 Å². The second-order valence-electron chi connectivity index (χ2n) is 6.65. The second-order valence-corrected chi connectivity index (χ2v) is 7.88. The molecule has 2 heterocycles. The third-order valence-electron chi connectivity index (χ3n) is 4.80. The van der Waals surface area contributed by atoms with Gasteiger partial charge in [-0.15, -0.1) is 10.2 Å². The number of aromatic nitrogens is 3. The van der Waals surface area contributed by atoms with Gasteiger partial charge in [0.05, 0.1) is 5.69 Å². The first-order valence-electron chi connectivity index (χ1n) is 9.64. The maximum atomic E-state index is 12.7. The van der Waals surface area contributed by atoms with E-state index in [1.165, 1.54) is 17.3 Å². The summed E-state index contributed by atoms with van der Waals surface area (Å²) < 4.78 is 6.34. The monoisotopic (exact) mass is 406 g/mol. The second kappa shape index (κ2) is 8.21. The molecule has 1 aromatic heterocycles. The van der Waals surface area contributed by atoms with Crippen molar-refractivity contribution in [3.05, 3.63) is 59.7 Å². The molecule has 0 N–H and O–H groups in total. The van der Waals surface area contributed by atoms with Crippen molar-refractivity contribution in [3.8, 4) is 17.1 Å². The summed E-state index contributed by atoms with van der Waals surface area (Å²) in [7, 11) is 0. The van der Waals surface area contributed by atoms with Crippen LogP contribution in [0.3, 0.4) is 0 Å². The number of carbonyl (C=O) groups is 1. The molecule has 148 valence electrons. The number of hydrogen-bond acceptors (Lipinski definition) is 6. The van der Waals surface area contributed by atoms with E-state index in [2.05, 4.69) is 34.2 Å². The molecule has 1 aliphatic rings. The molecule has 1 atom stereocenters. The van der Waals surface area contributed by atoms with E-state index < -0.39 is 6.23 Å². The van der Waals surface area contributed by atoms with Crippen LogP contribution in [-0.2, 0) is 11.2 Å². The predicted octanol–water partition coefficient (Wildman–Crippen LogP) is 4.66. The van der Waals surface area contributed by atoms with Gasteiger partial charge in [0.2, 0.25) is 23.2 Å². The predicted molar refractivity (Wildman–Crippen MR) is 114 cm³/mol. The quantitative estimate of drug-likeness (QED) is 0.587. The number of amides is 1. The fourth-order valence-corrected chi connectivity index (χ4v) is 3.88. The van der Waals surface area contributed by atoms with Crippen molar-refractivity contribution in [2.75, 3.05) is 10.7 Å². The molecule has 0 saturated heterocycles. The van der Waals surface area contributed by atoms with Gasteiger partial charge in [0.25, 0.3) is 0 Å².